The second kappa shape index (κ2) is 2.31. The third-order valence-electron chi connectivity index (χ3n) is 1.56. The van der Waals surface area contributed by atoms with E-state index in [-0.39, 0.29) is 11.7 Å². The van der Waals surface area contributed by atoms with Crippen molar-refractivity contribution >= 4 is 0 Å². The fraction of sp³-hybridized carbons (Fsp3) is 0.429. The van der Waals surface area contributed by atoms with Crippen molar-refractivity contribution in [2.24, 2.45) is 11.7 Å². The fourth-order valence-corrected chi connectivity index (χ4v) is 0.805. The summed E-state index contributed by atoms with van der Waals surface area (Å²) in [7, 11) is 0. The van der Waals surface area contributed by atoms with E-state index in [9.17, 15) is 4.39 Å². The summed E-state index contributed by atoms with van der Waals surface area (Å²) in [6, 6.07) is -0.421. The Hall–Kier alpha value is -0.630. The molecule has 0 amide bonds. The maximum absolute atomic E-state index is 12.5. The number of hydrogen-bond donors (Lipinski definition) is 1. The molecule has 0 spiro atoms. The first-order chi connectivity index (χ1) is 4.22. The predicted octanol–water partition coefficient (Wildman–Crippen LogP) is 1.37. The maximum atomic E-state index is 12.5. The Labute approximate surface area is 54.0 Å². The minimum Gasteiger partial charge on any atom is -0.322 e. The van der Waals surface area contributed by atoms with E-state index in [4.69, 9.17) is 5.73 Å². The Morgan fingerprint density at radius 1 is 1.67 bits per heavy atom. The topological polar surface area (TPSA) is 26.0 Å². The quantitative estimate of drug-likeness (QED) is 0.522. The molecule has 2 atom stereocenters. The molecule has 2 unspecified atom stereocenters. The van der Waals surface area contributed by atoms with E-state index in [1.54, 1.807) is 6.08 Å². The first kappa shape index (κ1) is 6.49. The summed E-state index contributed by atoms with van der Waals surface area (Å²) >= 11 is 0. The van der Waals surface area contributed by atoms with Crippen LogP contribution in [0.1, 0.15) is 6.92 Å². The molecule has 50 valence electrons. The van der Waals surface area contributed by atoms with E-state index in [1.165, 1.54) is 6.08 Å². The van der Waals surface area contributed by atoms with Gasteiger partial charge < -0.3 is 5.73 Å². The second-order valence-electron chi connectivity index (χ2n) is 2.32. The summed E-state index contributed by atoms with van der Waals surface area (Å²) in [6.07, 6.45) is 5.00. The summed E-state index contributed by atoms with van der Waals surface area (Å²) in [5, 5.41) is 0. The molecule has 0 aromatic rings. The van der Waals surface area contributed by atoms with Gasteiger partial charge >= 0.3 is 0 Å². The maximum Gasteiger partial charge on any atom is 0.117 e. The average molecular weight is 127 g/mol. The zero-order valence-electron chi connectivity index (χ0n) is 5.34. The highest BCUT2D eigenvalue weighted by molar-refractivity contribution is 5.20. The van der Waals surface area contributed by atoms with Gasteiger partial charge in [-0.1, -0.05) is 19.1 Å². The van der Waals surface area contributed by atoms with E-state index in [1.807, 2.05) is 13.0 Å². The van der Waals surface area contributed by atoms with Crippen molar-refractivity contribution in [1.29, 1.82) is 0 Å². The molecule has 0 heterocycles. The lowest BCUT2D eigenvalue weighted by atomic mass is 9.97. The lowest BCUT2D eigenvalue weighted by molar-refractivity contribution is 0.472. The standard InChI is InChI=1S/C7H10FN/c1-5-3-2-4-6(8)7(5)9/h2-5,7H,9H2,1H3. The van der Waals surface area contributed by atoms with Crippen molar-refractivity contribution < 1.29 is 4.39 Å². The van der Waals surface area contributed by atoms with Gasteiger partial charge in [-0.15, -0.1) is 0 Å². The van der Waals surface area contributed by atoms with Gasteiger partial charge in [0.2, 0.25) is 0 Å². The third kappa shape index (κ3) is 1.19. The Bertz CT molecular complexity index is 160. The van der Waals surface area contributed by atoms with Crippen LogP contribution in [0.25, 0.3) is 0 Å². The molecule has 9 heavy (non-hydrogen) atoms. The Morgan fingerprint density at radius 3 is 2.78 bits per heavy atom. The second-order valence-corrected chi connectivity index (χ2v) is 2.32. The minimum atomic E-state index is -0.421. The van der Waals surface area contributed by atoms with Crippen molar-refractivity contribution in [1.82, 2.24) is 0 Å². The summed E-state index contributed by atoms with van der Waals surface area (Å²) in [6.45, 7) is 1.90. The third-order valence-corrected chi connectivity index (χ3v) is 1.56. The van der Waals surface area contributed by atoms with Crippen LogP contribution in [-0.2, 0) is 0 Å². The van der Waals surface area contributed by atoms with Crippen LogP contribution >= 0.6 is 0 Å². The van der Waals surface area contributed by atoms with E-state index in [2.05, 4.69) is 0 Å². The van der Waals surface area contributed by atoms with Crippen LogP contribution in [0, 0.1) is 5.92 Å². The van der Waals surface area contributed by atoms with E-state index in [0.717, 1.165) is 0 Å². The van der Waals surface area contributed by atoms with Crippen LogP contribution in [0.2, 0.25) is 0 Å². The lowest BCUT2D eigenvalue weighted by Gasteiger charge is -2.16. The van der Waals surface area contributed by atoms with Crippen LogP contribution in [0.5, 0.6) is 0 Å². The molecule has 0 radical (unpaired) electrons. The summed E-state index contributed by atoms with van der Waals surface area (Å²) in [4.78, 5) is 0. The van der Waals surface area contributed by atoms with Crippen LogP contribution in [0.15, 0.2) is 24.1 Å². The molecule has 1 aliphatic rings. The first-order valence-electron chi connectivity index (χ1n) is 3.01. The van der Waals surface area contributed by atoms with E-state index < -0.39 is 6.04 Å². The normalized spacial score (nSPS) is 34.3. The zero-order chi connectivity index (χ0) is 6.85. The molecule has 1 nitrogen and oxygen atoms in total. The average Bonchev–Trinajstić information content (AvgIpc) is 1.83. The smallest absolute Gasteiger partial charge is 0.117 e. The Balaban J connectivity index is 2.73. The van der Waals surface area contributed by atoms with Crippen molar-refractivity contribution in [2.45, 2.75) is 13.0 Å². The molecule has 0 aromatic carbocycles. The van der Waals surface area contributed by atoms with Crippen LogP contribution < -0.4 is 5.73 Å². The number of rotatable bonds is 0. The van der Waals surface area contributed by atoms with Gasteiger partial charge in [-0.25, -0.2) is 4.39 Å². The Kier molecular flexibility index (Phi) is 1.67. The van der Waals surface area contributed by atoms with Crippen molar-refractivity contribution in [2.75, 3.05) is 0 Å². The summed E-state index contributed by atoms with van der Waals surface area (Å²) in [5.41, 5.74) is 5.43. The number of nitrogens with two attached hydrogens (primary N) is 1. The summed E-state index contributed by atoms with van der Waals surface area (Å²) < 4.78 is 12.5. The monoisotopic (exact) mass is 127 g/mol. The lowest BCUT2D eigenvalue weighted by Crippen LogP contribution is -2.28. The van der Waals surface area contributed by atoms with Crippen molar-refractivity contribution in [3.63, 3.8) is 0 Å². The van der Waals surface area contributed by atoms with Crippen molar-refractivity contribution in [3.05, 3.63) is 24.1 Å². The molecule has 0 aromatic heterocycles. The van der Waals surface area contributed by atoms with Gasteiger partial charge in [0.15, 0.2) is 0 Å². The van der Waals surface area contributed by atoms with Gasteiger partial charge in [0.1, 0.15) is 5.83 Å². The highest BCUT2D eigenvalue weighted by Crippen LogP contribution is 2.17. The molecule has 1 rings (SSSR count). The van der Waals surface area contributed by atoms with Gasteiger partial charge in [-0.2, -0.15) is 0 Å². The van der Waals surface area contributed by atoms with Gasteiger partial charge in [0.25, 0.3) is 0 Å². The highest BCUT2D eigenvalue weighted by Gasteiger charge is 2.16. The molecule has 0 saturated carbocycles. The molecule has 0 aliphatic heterocycles. The molecule has 2 heteroatoms. The van der Waals surface area contributed by atoms with Gasteiger partial charge in [0.05, 0.1) is 6.04 Å². The Morgan fingerprint density at radius 2 is 2.33 bits per heavy atom. The van der Waals surface area contributed by atoms with E-state index in [0.29, 0.717) is 0 Å². The highest BCUT2D eigenvalue weighted by atomic mass is 19.1. The van der Waals surface area contributed by atoms with Crippen LogP contribution in [0.3, 0.4) is 0 Å². The first-order valence-corrected chi connectivity index (χ1v) is 3.01. The minimum absolute atomic E-state index is 0.134. The summed E-state index contributed by atoms with van der Waals surface area (Å²) in [5.74, 6) is -0.0833. The molecule has 2 N–H and O–H groups in total. The predicted molar refractivity (Wildman–Crippen MR) is 35.5 cm³/mol. The molecular weight excluding hydrogens is 117 g/mol. The number of halogens is 1. The molecule has 0 fully saturated rings. The van der Waals surface area contributed by atoms with Gasteiger partial charge in [-0.05, 0) is 12.0 Å². The fourth-order valence-electron chi connectivity index (χ4n) is 0.805. The zero-order valence-corrected chi connectivity index (χ0v) is 5.34. The molecule has 0 bridgehead atoms. The number of allylic oxidation sites excluding steroid dienone is 2. The number of hydrogen-bond acceptors (Lipinski definition) is 1. The van der Waals surface area contributed by atoms with Crippen molar-refractivity contribution in [3.8, 4) is 0 Å². The van der Waals surface area contributed by atoms with Crippen LogP contribution in [-0.4, -0.2) is 6.04 Å². The largest absolute Gasteiger partial charge is 0.322 e. The molecule has 0 saturated heterocycles. The van der Waals surface area contributed by atoms with Gasteiger partial charge in [0, 0.05) is 0 Å². The SMILES string of the molecule is CC1C=CC=C(F)C1N. The van der Waals surface area contributed by atoms with E-state index >= 15 is 0 Å². The molecule has 1 aliphatic carbocycles. The van der Waals surface area contributed by atoms with Crippen LogP contribution in [0.4, 0.5) is 4.39 Å². The molecular formula is C7H10FN. The van der Waals surface area contributed by atoms with Gasteiger partial charge in [-0.3, -0.25) is 0 Å².